The first kappa shape index (κ1) is 17.9. The third-order valence-corrected chi connectivity index (χ3v) is 4.98. The van der Waals surface area contributed by atoms with Gasteiger partial charge in [0, 0.05) is 23.5 Å². The molecule has 3 unspecified atom stereocenters. The number of nitrogens with two attached hydrogens (primary N) is 1. The minimum Gasteiger partial charge on any atom is -0.326 e. The lowest BCUT2D eigenvalue weighted by Crippen LogP contribution is -2.47. The molecule has 20 heavy (non-hydrogen) atoms. The second kappa shape index (κ2) is 8.35. The van der Waals surface area contributed by atoms with Crippen molar-refractivity contribution in [3.63, 3.8) is 0 Å². The molecule has 3 nitrogen and oxygen atoms in total. The van der Waals surface area contributed by atoms with Crippen molar-refractivity contribution in [3.05, 3.63) is 21.3 Å². The molecule has 0 aliphatic rings. The Kier molecular flexibility index (Phi) is 7.48. The second-order valence-electron chi connectivity index (χ2n) is 5.60. The zero-order valence-electron chi connectivity index (χ0n) is 13.3. The molecule has 0 spiro atoms. The van der Waals surface area contributed by atoms with Gasteiger partial charge in [0.1, 0.15) is 0 Å². The Balaban J connectivity index is 3.01. The first-order valence-electron chi connectivity index (χ1n) is 7.31. The van der Waals surface area contributed by atoms with E-state index in [1.165, 1.54) is 4.88 Å². The molecule has 1 rings (SSSR count). The standard InChI is InChI=1S/C15H28ClN3S/c1-6-12(17)15(13-8-9-14(16)20-13)19(7-2)11(3)10-18(4)5/h8-9,11-12,15H,6-7,10,17H2,1-5H3. The van der Waals surface area contributed by atoms with Crippen LogP contribution in [0.3, 0.4) is 0 Å². The first-order chi connectivity index (χ1) is 9.40. The summed E-state index contributed by atoms with van der Waals surface area (Å²) in [4.78, 5) is 6.00. The number of thiophene rings is 1. The van der Waals surface area contributed by atoms with E-state index in [1.807, 2.05) is 6.07 Å². The summed E-state index contributed by atoms with van der Waals surface area (Å²) in [7, 11) is 4.22. The second-order valence-corrected chi connectivity index (χ2v) is 7.35. The number of likely N-dealkylation sites (N-methyl/N-ethyl adjacent to an activating group) is 2. The summed E-state index contributed by atoms with van der Waals surface area (Å²) >= 11 is 7.76. The van der Waals surface area contributed by atoms with Gasteiger partial charge in [-0.3, -0.25) is 4.90 Å². The fraction of sp³-hybridized carbons (Fsp3) is 0.733. The highest BCUT2D eigenvalue weighted by Crippen LogP contribution is 2.34. The molecule has 0 bridgehead atoms. The summed E-state index contributed by atoms with van der Waals surface area (Å²) < 4.78 is 0.838. The summed E-state index contributed by atoms with van der Waals surface area (Å²) in [6.45, 7) is 8.64. The Morgan fingerprint density at radius 1 is 1.30 bits per heavy atom. The molecular weight excluding hydrogens is 290 g/mol. The van der Waals surface area contributed by atoms with Crippen LogP contribution in [0.25, 0.3) is 0 Å². The molecule has 0 aliphatic carbocycles. The maximum atomic E-state index is 6.41. The van der Waals surface area contributed by atoms with Gasteiger partial charge in [-0.2, -0.15) is 0 Å². The highest BCUT2D eigenvalue weighted by atomic mass is 35.5. The first-order valence-corrected chi connectivity index (χ1v) is 8.51. The average molecular weight is 318 g/mol. The van der Waals surface area contributed by atoms with Crippen LogP contribution in [0.2, 0.25) is 4.34 Å². The highest BCUT2D eigenvalue weighted by molar-refractivity contribution is 7.16. The van der Waals surface area contributed by atoms with Gasteiger partial charge in [0.05, 0.1) is 10.4 Å². The van der Waals surface area contributed by atoms with Crippen molar-refractivity contribution in [2.24, 2.45) is 5.73 Å². The van der Waals surface area contributed by atoms with E-state index in [0.717, 1.165) is 23.8 Å². The zero-order chi connectivity index (χ0) is 15.3. The number of nitrogens with zero attached hydrogens (tertiary/aromatic N) is 2. The maximum Gasteiger partial charge on any atom is 0.0931 e. The third kappa shape index (κ3) is 4.71. The van der Waals surface area contributed by atoms with Crippen LogP contribution >= 0.6 is 22.9 Å². The minimum absolute atomic E-state index is 0.134. The van der Waals surface area contributed by atoms with Crippen molar-refractivity contribution >= 4 is 22.9 Å². The molecule has 1 aromatic rings. The Morgan fingerprint density at radius 3 is 2.35 bits per heavy atom. The molecule has 3 atom stereocenters. The van der Waals surface area contributed by atoms with Crippen molar-refractivity contribution in [1.82, 2.24) is 9.80 Å². The van der Waals surface area contributed by atoms with Gasteiger partial charge < -0.3 is 10.6 Å². The van der Waals surface area contributed by atoms with E-state index in [4.69, 9.17) is 17.3 Å². The molecule has 1 heterocycles. The van der Waals surface area contributed by atoms with Gasteiger partial charge in [-0.15, -0.1) is 11.3 Å². The summed E-state index contributed by atoms with van der Waals surface area (Å²) in [5.41, 5.74) is 6.41. The fourth-order valence-corrected chi connectivity index (χ4v) is 4.01. The van der Waals surface area contributed by atoms with Crippen LogP contribution in [0.4, 0.5) is 0 Å². The van der Waals surface area contributed by atoms with Crippen LogP contribution in [0.15, 0.2) is 12.1 Å². The summed E-state index contributed by atoms with van der Waals surface area (Å²) in [5.74, 6) is 0. The lowest BCUT2D eigenvalue weighted by molar-refractivity contribution is 0.111. The summed E-state index contributed by atoms with van der Waals surface area (Å²) in [5, 5.41) is 0. The van der Waals surface area contributed by atoms with Crippen molar-refractivity contribution < 1.29 is 0 Å². The Labute approximate surface area is 132 Å². The van der Waals surface area contributed by atoms with Crippen molar-refractivity contribution in [3.8, 4) is 0 Å². The predicted octanol–water partition coefficient (Wildman–Crippen LogP) is 3.45. The van der Waals surface area contributed by atoms with Crippen LogP contribution in [-0.4, -0.2) is 49.1 Å². The summed E-state index contributed by atoms with van der Waals surface area (Å²) in [6.07, 6.45) is 0.964. The molecular formula is C15H28ClN3S. The van der Waals surface area contributed by atoms with Gasteiger partial charge >= 0.3 is 0 Å². The smallest absolute Gasteiger partial charge is 0.0931 e. The zero-order valence-corrected chi connectivity index (χ0v) is 14.8. The Bertz CT molecular complexity index is 394. The molecule has 2 N–H and O–H groups in total. The third-order valence-electron chi connectivity index (χ3n) is 3.68. The number of hydrogen-bond acceptors (Lipinski definition) is 4. The van der Waals surface area contributed by atoms with Crippen molar-refractivity contribution in [1.29, 1.82) is 0 Å². The molecule has 0 saturated carbocycles. The molecule has 0 radical (unpaired) electrons. The van der Waals surface area contributed by atoms with E-state index in [9.17, 15) is 0 Å². The number of rotatable bonds is 8. The number of hydrogen-bond donors (Lipinski definition) is 1. The van der Waals surface area contributed by atoms with Crippen molar-refractivity contribution in [2.75, 3.05) is 27.2 Å². The van der Waals surface area contributed by atoms with Crippen molar-refractivity contribution in [2.45, 2.75) is 45.3 Å². The van der Waals surface area contributed by atoms with E-state index in [-0.39, 0.29) is 12.1 Å². The molecule has 0 saturated heterocycles. The van der Waals surface area contributed by atoms with E-state index < -0.39 is 0 Å². The van der Waals surface area contributed by atoms with E-state index in [2.05, 4.69) is 50.7 Å². The Hall–Kier alpha value is -0.130. The fourth-order valence-electron chi connectivity index (χ4n) is 2.75. The van der Waals surface area contributed by atoms with Gasteiger partial charge in [0.15, 0.2) is 0 Å². The van der Waals surface area contributed by atoms with Gasteiger partial charge in [-0.1, -0.05) is 25.4 Å². The predicted molar refractivity (Wildman–Crippen MR) is 90.7 cm³/mol. The molecule has 0 aliphatic heterocycles. The van der Waals surface area contributed by atoms with Gasteiger partial charge in [0.2, 0.25) is 0 Å². The molecule has 116 valence electrons. The monoisotopic (exact) mass is 317 g/mol. The Morgan fingerprint density at radius 2 is 1.95 bits per heavy atom. The lowest BCUT2D eigenvalue weighted by Gasteiger charge is -2.39. The van der Waals surface area contributed by atoms with E-state index in [0.29, 0.717) is 6.04 Å². The minimum atomic E-state index is 0.134. The van der Waals surface area contributed by atoms with Crippen LogP contribution < -0.4 is 5.73 Å². The maximum absolute atomic E-state index is 6.41. The molecule has 0 amide bonds. The molecule has 5 heteroatoms. The van der Waals surface area contributed by atoms with Crippen LogP contribution in [0.5, 0.6) is 0 Å². The highest BCUT2D eigenvalue weighted by Gasteiger charge is 2.29. The van der Waals surface area contributed by atoms with Crippen LogP contribution in [0.1, 0.15) is 38.1 Å². The average Bonchev–Trinajstić information content (AvgIpc) is 2.80. The van der Waals surface area contributed by atoms with Crippen LogP contribution in [-0.2, 0) is 0 Å². The largest absolute Gasteiger partial charge is 0.326 e. The SMILES string of the molecule is CCC(N)C(c1ccc(Cl)s1)N(CC)C(C)CN(C)C. The quantitative estimate of drug-likeness (QED) is 0.797. The van der Waals surface area contributed by atoms with Gasteiger partial charge in [-0.05, 0) is 46.1 Å². The van der Waals surface area contributed by atoms with E-state index >= 15 is 0 Å². The number of halogens is 1. The summed E-state index contributed by atoms with van der Waals surface area (Å²) in [6, 6.07) is 4.93. The van der Waals surface area contributed by atoms with Gasteiger partial charge in [-0.25, -0.2) is 0 Å². The lowest BCUT2D eigenvalue weighted by atomic mass is 10.0. The van der Waals surface area contributed by atoms with E-state index in [1.54, 1.807) is 11.3 Å². The molecule has 0 aromatic carbocycles. The normalized spacial score (nSPS) is 16.6. The molecule has 1 aromatic heterocycles. The van der Waals surface area contributed by atoms with Crippen LogP contribution in [0, 0.1) is 0 Å². The van der Waals surface area contributed by atoms with Gasteiger partial charge in [0.25, 0.3) is 0 Å². The molecule has 0 fully saturated rings. The topological polar surface area (TPSA) is 32.5 Å².